The molecule has 0 bridgehead atoms. The van der Waals surface area contributed by atoms with Gasteiger partial charge in [0, 0.05) is 33.6 Å². The molecule has 0 atom stereocenters. The number of aryl methyl sites for hydroxylation is 8. The lowest BCUT2D eigenvalue weighted by Gasteiger charge is -2.19. The minimum absolute atomic E-state index is 0. The monoisotopic (exact) mass is 819 g/mol. The van der Waals surface area contributed by atoms with Gasteiger partial charge >= 0.3 is 18.0 Å². The number of aromatic nitrogens is 2. The summed E-state index contributed by atoms with van der Waals surface area (Å²) in [5.74, 6) is 4.54. The van der Waals surface area contributed by atoms with Gasteiger partial charge in [0.1, 0.15) is 12.1 Å². The number of hydrogen-bond donors (Lipinski definition) is 5. The summed E-state index contributed by atoms with van der Waals surface area (Å²) in [4.78, 5) is 45.8. The number of nitrogens with zero attached hydrogens (tertiary/aromatic N) is 2. The first kappa shape index (κ1) is 46.2. The molecule has 0 aliphatic heterocycles. The van der Waals surface area contributed by atoms with Crippen LogP contribution < -0.4 is 27.2 Å². The van der Waals surface area contributed by atoms with E-state index < -0.39 is 11.6 Å². The summed E-state index contributed by atoms with van der Waals surface area (Å²) in [6, 6.07) is 3.82. The van der Waals surface area contributed by atoms with E-state index in [2.05, 4.69) is 59.6 Å². The van der Waals surface area contributed by atoms with Gasteiger partial charge in [0.15, 0.2) is 0 Å². The van der Waals surface area contributed by atoms with E-state index in [-0.39, 0.29) is 43.4 Å². The highest BCUT2D eigenvalue weighted by atomic mass is 35.5. The van der Waals surface area contributed by atoms with Gasteiger partial charge in [0.25, 0.3) is 0 Å². The van der Waals surface area contributed by atoms with Crippen LogP contribution in [-0.4, -0.2) is 53.2 Å². The minimum atomic E-state index is -0.548. The highest BCUT2D eigenvalue weighted by Gasteiger charge is 2.16. The van der Waals surface area contributed by atoms with Crippen molar-refractivity contribution in [1.29, 1.82) is 0 Å². The summed E-state index contributed by atoms with van der Waals surface area (Å²) in [6.07, 6.45) is 7.68. The van der Waals surface area contributed by atoms with Crippen LogP contribution in [0.15, 0.2) is 33.7 Å². The lowest BCUT2D eigenvalue weighted by Crippen LogP contribution is -2.40. The van der Waals surface area contributed by atoms with Crippen LogP contribution in [0.2, 0.25) is 0 Å². The quantitative estimate of drug-likeness (QED) is 0.0265. The maximum Gasteiger partial charge on any atom is 0.328 e. The normalized spacial score (nSPS) is 10.5. The Balaban J connectivity index is 0.000000509. The van der Waals surface area contributed by atoms with Gasteiger partial charge in [-0.05, 0) is 120 Å². The Kier molecular flexibility index (Phi) is 22.2. The van der Waals surface area contributed by atoms with Crippen molar-refractivity contribution >= 4 is 88.2 Å². The van der Waals surface area contributed by atoms with Crippen molar-refractivity contribution in [3.05, 3.63) is 75.9 Å². The van der Waals surface area contributed by atoms with Gasteiger partial charge < -0.3 is 20.7 Å². The average Bonchev–Trinajstić information content (AvgIpc) is 3.87. The molecule has 17 heteroatoms. The second kappa shape index (κ2) is 24.5. The summed E-state index contributed by atoms with van der Waals surface area (Å²) in [7, 11) is 0. The molecule has 0 fully saturated rings. The van der Waals surface area contributed by atoms with Crippen molar-refractivity contribution in [1.82, 2.24) is 31.3 Å². The maximum atomic E-state index is 11.7. The number of halogens is 2. The molecule has 0 unspecified atom stereocenters. The van der Waals surface area contributed by atoms with E-state index in [0.29, 0.717) is 13.1 Å². The molecular weight excluding hydrogens is 770 g/mol. The van der Waals surface area contributed by atoms with Gasteiger partial charge in [-0.3, -0.25) is 10.2 Å². The number of carbonyl (C=O) groups is 3. The van der Waals surface area contributed by atoms with Gasteiger partial charge in [-0.2, -0.15) is 0 Å². The van der Waals surface area contributed by atoms with Gasteiger partial charge in [0.05, 0.1) is 21.4 Å². The van der Waals surface area contributed by atoms with E-state index >= 15 is 0 Å². The molecule has 4 aromatic rings. The zero-order chi connectivity index (χ0) is 35.6. The summed E-state index contributed by atoms with van der Waals surface area (Å²) in [5, 5.41) is 18.9. The van der Waals surface area contributed by atoms with Gasteiger partial charge in [0.2, 0.25) is 0 Å². The summed E-state index contributed by atoms with van der Waals surface area (Å²) in [6.45, 7) is 10.5. The Hall–Kier alpha value is -2.79. The number of esters is 1. The van der Waals surface area contributed by atoms with E-state index in [4.69, 9.17) is 10.6 Å². The number of nitrogens with one attached hydrogen (secondary N) is 4. The second-order valence-electron chi connectivity index (χ2n) is 12.4. The molecule has 0 aliphatic rings. The predicted octanol–water partition coefficient (Wildman–Crippen LogP) is 7.12. The summed E-state index contributed by atoms with van der Waals surface area (Å²) >= 11 is 6.94. The van der Waals surface area contributed by atoms with Crippen LogP contribution >= 0.6 is 70.2 Å². The fourth-order valence-electron chi connectivity index (χ4n) is 4.54. The number of urea groups is 2. The van der Waals surface area contributed by atoms with Crippen molar-refractivity contribution in [3.63, 3.8) is 0 Å². The van der Waals surface area contributed by atoms with Crippen LogP contribution in [0.4, 0.5) is 9.59 Å². The lowest BCUT2D eigenvalue weighted by atomic mass is 10.1. The average molecular weight is 821 g/mol. The van der Waals surface area contributed by atoms with Crippen molar-refractivity contribution < 1.29 is 19.1 Å². The van der Waals surface area contributed by atoms with Crippen LogP contribution in [0.5, 0.6) is 0 Å². The van der Waals surface area contributed by atoms with Crippen LogP contribution in [0.3, 0.4) is 0 Å². The first-order valence-electron chi connectivity index (χ1n) is 16.3. The number of thiazole rings is 2. The standard InChI is InChI=1S/C20H29N3O3S2.C14H20N4OS2.2ClH/c1-14-23-16(13-27-14)8-7-15-10-17(28-12-15)6-5-9-21-19(25)22-11-18(24)26-20(2,3)4;1-10-17-12(9-20-10)5-4-11-7-13(21-8-11)3-2-6-16-14(19)18-15;;/h10,12-13H,5-9,11H2,1-4H3,(H2,21,22,25);7-9H,2-6,15H2,1H3,(H2,16,18,19);2*1H. The number of hydrogen-bond acceptors (Lipinski definition) is 11. The molecule has 0 aromatic carbocycles. The molecule has 284 valence electrons. The molecule has 4 heterocycles. The number of nitrogens with two attached hydrogens (primary N) is 1. The molecule has 6 N–H and O–H groups in total. The minimum Gasteiger partial charge on any atom is -0.459 e. The first-order chi connectivity index (χ1) is 23.4. The molecule has 0 spiro atoms. The Morgan fingerprint density at radius 1 is 0.686 bits per heavy atom. The molecule has 0 saturated heterocycles. The third-order valence-electron chi connectivity index (χ3n) is 6.80. The Morgan fingerprint density at radius 3 is 1.57 bits per heavy atom. The second-order valence-corrected chi connectivity index (χ2v) is 16.5. The SMILES string of the molecule is Cc1nc(CCc2csc(CCCNC(=O)NCC(=O)OC(C)(C)C)c2)cs1.Cc1nc(CCc2csc(CCCNC(=O)NN)c2)cs1.Cl.Cl. The largest absolute Gasteiger partial charge is 0.459 e. The third kappa shape index (κ3) is 20.1. The molecule has 0 saturated carbocycles. The fourth-order valence-corrected chi connectivity index (χ4v) is 7.78. The number of carbonyl (C=O) groups excluding carboxylic acids is 3. The number of rotatable bonds is 16. The Morgan fingerprint density at radius 2 is 1.16 bits per heavy atom. The van der Waals surface area contributed by atoms with E-state index in [9.17, 15) is 14.4 Å². The number of ether oxygens (including phenoxy) is 1. The van der Waals surface area contributed by atoms with Crippen LogP contribution in [0.1, 0.15) is 75.9 Å². The third-order valence-corrected chi connectivity index (χ3v) is 10.5. The highest BCUT2D eigenvalue weighted by Crippen LogP contribution is 2.20. The predicted molar refractivity (Wildman–Crippen MR) is 216 cm³/mol. The Bertz CT molecular complexity index is 1600. The topological polar surface area (TPSA) is 160 Å². The zero-order valence-electron chi connectivity index (χ0n) is 29.8. The molecule has 4 rings (SSSR count). The van der Waals surface area contributed by atoms with Gasteiger partial charge in [-0.25, -0.2) is 25.4 Å². The van der Waals surface area contributed by atoms with Gasteiger partial charge in [-0.1, -0.05) is 0 Å². The van der Waals surface area contributed by atoms with Crippen molar-refractivity contribution in [2.45, 2.75) is 91.6 Å². The van der Waals surface area contributed by atoms with Crippen LogP contribution in [0.25, 0.3) is 0 Å². The van der Waals surface area contributed by atoms with Crippen molar-refractivity contribution in [3.8, 4) is 0 Å². The Labute approximate surface area is 329 Å². The van der Waals surface area contributed by atoms with E-state index in [1.165, 1.54) is 26.6 Å². The van der Waals surface area contributed by atoms with Crippen LogP contribution in [-0.2, 0) is 48.1 Å². The van der Waals surface area contributed by atoms with Crippen molar-refractivity contribution in [2.24, 2.45) is 5.84 Å². The molecule has 51 heavy (non-hydrogen) atoms. The summed E-state index contributed by atoms with van der Waals surface area (Å²) < 4.78 is 5.14. The smallest absolute Gasteiger partial charge is 0.328 e. The molecule has 4 aromatic heterocycles. The van der Waals surface area contributed by atoms with E-state index in [0.717, 1.165) is 67.1 Å². The van der Waals surface area contributed by atoms with E-state index in [1.807, 2.05) is 19.3 Å². The fraction of sp³-hybridized carbons (Fsp3) is 0.500. The molecule has 11 nitrogen and oxygen atoms in total. The van der Waals surface area contributed by atoms with Gasteiger partial charge in [-0.15, -0.1) is 70.2 Å². The molecule has 0 aliphatic carbocycles. The molecule has 4 amide bonds. The maximum absolute atomic E-state index is 11.7. The summed E-state index contributed by atoms with van der Waals surface area (Å²) in [5.41, 5.74) is 6.56. The molecular formula is C34H51Cl2N7O4S4. The highest BCUT2D eigenvalue weighted by molar-refractivity contribution is 7.10. The van der Waals surface area contributed by atoms with Crippen LogP contribution in [0, 0.1) is 13.8 Å². The number of thiophene rings is 2. The number of hydrazine groups is 1. The lowest BCUT2D eigenvalue weighted by molar-refractivity contribution is -0.153. The first-order valence-corrected chi connectivity index (χ1v) is 19.8. The van der Waals surface area contributed by atoms with Crippen molar-refractivity contribution in [2.75, 3.05) is 19.6 Å². The molecule has 0 radical (unpaired) electrons. The van der Waals surface area contributed by atoms with E-state index in [1.54, 1.807) is 66.1 Å². The number of amides is 4. The zero-order valence-corrected chi connectivity index (χ0v) is 34.7.